The van der Waals surface area contributed by atoms with Crippen molar-refractivity contribution in [3.05, 3.63) is 52.8 Å². The molecule has 1 N–H and O–H groups in total. The number of ketones is 1. The van der Waals surface area contributed by atoms with Gasteiger partial charge in [-0.2, -0.15) is 0 Å². The zero-order chi connectivity index (χ0) is 18.7. The van der Waals surface area contributed by atoms with E-state index in [1.807, 2.05) is 13.0 Å². The molecule has 0 bridgehead atoms. The van der Waals surface area contributed by atoms with Gasteiger partial charge in [0.25, 0.3) is 0 Å². The number of rotatable bonds is 6. The van der Waals surface area contributed by atoms with E-state index in [0.717, 1.165) is 16.9 Å². The van der Waals surface area contributed by atoms with Gasteiger partial charge in [-0.05, 0) is 57.0 Å². The molecule has 1 heterocycles. The molecule has 0 atom stereocenters. The van der Waals surface area contributed by atoms with Crippen molar-refractivity contribution in [3.63, 3.8) is 0 Å². The summed E-state index contributed by atoms with van der Waals surface area (Å²) in [4.78, 5) is 24.1. The summed E-state index contributed by atoms with van der Waals surface area (Å²) in [5.74, 6) is -0.286. The number of carbonyl (C=O) groups excluding carboxylic acids is 2. The predicted molar refractivity (Wildman–Crippen MR) is 102 cm³/mol. The molecule has 2 aromatic rings. The third kappa shape index (κ3) is 3.66. The van der Waals surface area contributed by atoms with Crippen molar-refractivity contribution < 1.29 is 14.3 Å². The fraction of sp³-hybridized carbons (Fsp3) is 0.429. The summed E-state index contributed by atoms with van der Waals surface area (Å²) in [5.41, 5.74) is 4.33. The van der Waals surface area contributed by atoms with Crippen molar-refractivity contribution in [1.29, 1.82) is 0 Å². The van der Waals surface area contributed by atoms with Crippen molar-refractivity contribution in [1.82, 2.24) is 4.57 Å². The molecule has 1 aliphatic rings. The molecule has 3 rings (SSSR count). The van der Waals surface area contributed by atoms with Gasteiger partial charge >= 0.3 is 5.97 Å². The number of hydrogen-bond acceptors (Lipinski definition) is 4. The van der Waals surface area contributed by atoms with Crippen molar-refractivity contribution in [3.8, 4) is 0 Å². The van der Waals surface area contributed by atoms with Crippen LogP contribution in [0.1, 0.15) is 63.8 Å². The van der Waals surface area contributed by atoms with Gasteiger partial charge in [0.2, 0.25) is 0 Å². The average molecular weight is 354 g/mol. The highest BCUT2D eigenvalue weighted by atomic mass is 16.5. The van der Waals surface area contributed by atoms with E-state index < -0.39 is 0 Å². The van der Waals surface area contributed by atoms with Gasteiger partial charge in [0.15, 0.2) is 5.78 Å². The van der Waals surface area contributed by atoms with E-state index in [-0.39, 0.29) is 18.3 Å². The number of aromatic nitrogens is 1. The molecule has 26 heavy (non-hydrogen) atoms. The number of carbonyl (C=O) groups is 2. The van der Waals surface area contributed by atoms with Crippen LogP contribution in [-0.4, -0.2) is 30.0 Å². The average Bonchev–Trinajstić information content (AvgIpc) is 3.27. The lowest BCUT2D eigenvalue weighted by molar-refractivity contribution is 0.0600. The summed E-state index contributed by atoms with van der Waals surface area (Å²) in [5, 5.41) is 3.14. The molecule has 0 radical (unpaired) electrons. The molecule has 1 saturated carbocycles. The Kier molecular flexibility index (Phi) is 5.45. The highest BCUT2D eigenvalue weighted by Gasteiger charge is 2.23. The Morgan fingerprint density at radius 3 is 2.42 bits per heavy atom. The second-order valence-corrected chi connectivity index (χ2v) is 6.94. The van der Waals surface area contributed by atoms with Crippen molar-refractivity contribution >= 4 is 17.4 Å². The second-order valence-electron chi connectivity index (χ2n) is 6.94. The van der Waals surface area contributed by atoms with Crippen LogP contribution in [0, 0.1) is 13.8 Å². The standard InChI is InChI=1S/C21H26N2O3/c1-14-12-19(15(2)23(14)18-6-4-5-7-18)20(24)13-22-17-10-8-16(9-11-17)21(25)26-3/h8-12,18,22H,4-7,13H2,1-3H3. The molecule has 5 nitrogen and oxygen atoms in total. The van der Waals surface area contributed by atoms with Crippen LogP contribution >= 0.6 is 0 Å². The van der Waals surface area contributed by atoms with Crippen LogP contribution in [0.15, 0.2) is 30.3 Å². The maximum absolute atomic E-state index is 12.7. The third-order valence-corrected chi connectivity index (χ3v) is 5.23. The zero-order valence-corrected chi connectivity index (χ0v) is 15.7. The van der Waals surface area contributed by atoms with Crippen LogP contribution in [-0.2, 0) is 4.74 Å². The number of anilines is 1. The van der Waals surface area contributed by atoms with Gasteiger partial charge in [0.1, 0.15) is 0 Å². The van der Waals surface area contributed by atoms with Crippen molar-refractivity contribution in [2.75, 3.05) is 19.0 Å². The van der Waals surface area contributed by atoms with Crippen LogP contribution in [0.5, 0.6) is 0 Å². The summed E-state index contributed by atoms with van der Waals surface area (Å²) in [7, 11) is 1.36. The Balaban J connectivity index is 1.67. The topological polar surface area (TPSA) is 60.3 Å². The molecule has 0 unspecified atom stereocenters. The Bertz CT molecular complexity index is 799. The summed E-state index contributed by atoms with van der Waals surface area (Å²) >= 11 is 0. The Labute approximate surface area is 154 Å². The quantitative estimate of drug-likeness (QED) is 0.620. The Morgan fingerprint density at radius 1 is 1.15 bits per heavy atom. The van der Waals surface area contributed by atoms with Gasteiger partial charge in [-0.15, -0.1) is 0 Å². The first-order chi connectivity index (χ1) is 12.5. The van der Waals surface area contributed by atoms with Gasteiger partial charge < -0.3 is 14.6 Å². The summed E-state index contributed by atoms with van der Waals surface area (Å²) in [6, 6.07) is 9.48. The lowest BCUT2D eigenvalue weighted by atomic mass is 10.1. The Hall–Kier alpha value is -2.56. The fourth-order valence-corrected chi connectivity index (χ4v) is 3.90. The largest absolute Gasteiger partial charge is 0.465 e. The molecule has 1 aromatic heterocycles. The molecule has 0 spiro atoms. The Morgan fingerprint density at radius 2 is 1.81 bits per heavy atom. The first-order valence-electron chi connectivity index (χ1n) is 9.15. The van der Waals surface area contributed by atoms with Gasteiger partial charge in [-0.3, -0.25) is 4.79 Å². The van der Waals surface area contributed by atoms with E-state index in [9.17, 15) is 9.59 Å². The normalized spacial score (nSPS) is 14.4. The smallest absolute Gasteiger partial charge is 0.337 e. The number of benzene rings is 1. The van der Waals surface area contributed by atoms with Gasteiger partial charge in [0.05, 0.1) is 19.2 Å². The van der Waals surface area contributed by atoms with Gasteiger partial charge in [0, 0.05) is 28.7 Å². The van der Waals surface area contributed by atoms with Gasteiger partial charge in [-0.1, -0.05) is 12.8 Å². The van der Waals surface area contributed by atoms with Crippen LogP contribution < -0.4 is 5.32 Å². The number of methoxy groups -OCH3 is 1. The lowest BCUT2D eigenvalue weighted by Crippen LogP contribution is -2.16. The molecule has 1 aromatic carbocycles. The van der Waals surface area contributed by atoms with E-state index in [1.165, 1.54) is 38.5 Å². The first-order valence-corrected chi connectivity index (χ1v) is 9.15. The molecule has 5 heteroatoms. The molecule has 138 valence electrons. The monoisotopic (exact) mass is 354 g/mol. The van der Waals surface area contributed by atoms with Crippen LogP contribution in [0.25, 0.3) is 0 Å². The van der Waals surface area contributed by atoms with E-state index in [1.54, 1.807) is 24.3 Å². The number of esters is 1. The number of nitrogens with zero attached hydrogens (tertiary/aromatic N) is 1. The van der Waals surface area contributed by atoms with Crippen molar-refractivity contribution in [2.45, 2.75) is 45.6 Å². The fourth-order valence-electron chi connectivity index (χ4n) is 3.90. The molecule has 1 aliphatic carbocycles. The molecule has 1 fully saturated rings. The van der Waals surface area contributed by atoms with E-state index in [0.29, 0.717) is 11.6 Å². The minimum Gasteiger partial charge on any atom is -0.465 e. The lowest BCUT2D eigenvalue weighted by Gasteiger charge is -2.17. The molecular formula is C21H26N2O3. The highest BCUT2D eigenvalue weighted by Crippen LogP contribution is 2.33. The molecule has 0 aliphatic heterocycles. The molecular weight excluding hydrogens is 328 g/mol. The van der Waals surface area contributed by atoms with Crippen LogP contribution in [0.2, 0.25) is 0 Å². The minimum absolute atomic E-state index is 0.0828. The van der Waals surface area contributed by atoms with Gasteiger partial charge in [-0.25, -0.2) is 4.79 Å². The van der Waals surface area contributed by atoms with Crippen molar-refractivity contribution in [2.24, 2.45) is 0 Å². The number of aryl methyl sites for hydroxylation is 1. The number of nitrogens with one attached hydrogen (secondary N) is 1. The van der Waals surface area contributed by atoms with Crippen LogP contribution in [0.4, 0.5) is 5.69 Å². The SMILES string of the molecule is COC(=O)c1ccc(NCC(=O)c2cc(C)n(C3CCCC3)c2C)cc1. The summed E-state index contributed by atoms with van der Waals surface area (Å²) in [6.45, 7) is 4.36. The third-order valence-electron chi connectivity index (χ3n) is 5.23. The molecule has 0 saturated heterocycles. The summed E-state index contributed by atoms with van der Waals surface area (Å²) in [6.07, 6.45) is 4.95. The summed E-state index contributed by atoms with van der Waals surface area (Å²) < 4.78 is 7.02. The number of Topliss-reactive ketones (excluding diaryl/α,β-unsaturated/α-hetero) is 1. The van der Waals surface area contributed by atoms with E-state index >= 15 is 0 Å². The van der Waals surface area contributed by atoms with E-state index in [2.05, 4.69) is 21.5 Å². The maximum Gasteiger partial charge on any atom is 0.337 e. The number of hydrogen-bond donors (Lipinski definition) is 1. The number of ether oxygens (including phenoxy) is 1. The second kappa shape index (κ2) is 7.77. The minimum atomic E-state index is -0.369. The van der Waals surface area contributed by atoms with E-state index in [4.69, 9.17) is 0 Å². The first kappa shape index (κ1) is 18.2. The van der Waals surface area contributed by atoms with Crippen LogP contribution in [0.3, 0.4) is 0 Å². The zero-order valence-electron chi connectivity index (χ0n) is 15.7. The molecule has 0 amide bonds. The maximum atomic E-state index is 12.7. The predicted octanol–water partition coefficient (Wildman–Crippen LogP) is 4.30. The highest BCUT2D eigenvalue weighted by molar-refractivity contribution is 6.00.